The summed E-state index contributed by atoms with van der Waals surface area (Å²) in [5, 5.41) is 12.4. The van der Waals surface area contributed by atoms with Gasteiger partial charge in [0.25, 0.3) is 0 Å². The second kappa shape index (κ2) is 10.4. The maximum absolute atomic E-state index is 9.04. The molecule has 164 valence electrons. The first-order valence-corrected chi connectivity index (χ1v) is 11.3. The molecule has 0 saturated carbocycles. The number of nitrogens with zero attached hydrogens (tertiary/aromatic N) is 4. The van der Waals surface area contributed by atoms with Crippen molar-refractivity contribution in [3.63, 3.8) is 0 Å². The van der Waals surface area contributed by atoms with Crippen LogP contribution < -0.4 is 19.7 Å². The molecule has 4 rings (SSSR count). The number of nitriles is 1. The van der Waals surface area contributed by atoms with Gasteiger partial charge in [0.15, 0.2) is 0 Å². The number of aromatic nitrogens is 2. The van der Waals surface area contributed by atoms with Gasteiger partial charge in [-0.15, -0.1) is 0 Å². The lowest BCUT2D eigenvalue weighted by Gasteiger charge is -2.34. The predicted octanol–water partition coefficient (Wildman–Crippen LogP) is 3.89. The van der Waals surface area contributed by atoms with Crippen molar-refractivity contribution in [1.29, 1.82) is 5.26 Å². The molecule has 0 unspecified atom stereocenters. The predicted molar refractivity (Wildman–Crippen MR) is 124 cm³/mol. The van der Waals surface area contributed by atoms with Crippen LogP contribution in [0.2, 0.25) is 0 Å². The molecule has 1 N–H and O–H groups in total. The highest BCUT2D eigenvalue weighted by molar-refractivity contribution is 7.99. The van der Waals surface area contributed by atoms with Crippen LogP contribution in [0.4, 0.5) is 5.95 Å². The Kier molecular flexibility index (Phi) is 7.10. The molecule has 32 heavy (non-hydrogen) atoms. The molecule has 0 radical (unpaired) electrons. The molecule has 7 nitrogen and oxygen atoms in total. The summed E-state index contributed by atoms with van der Waals surface area (Å²) in [6.45, 7) is 5.16. The van der Waals surface area contributed by atoms with Crippen molar-refractivity contribution in [1.82, 2.24) is 15.3 Å². The van der Waals surface area contributed by atoms with Crippen LogP contribution in [0.5, 0.6) is 11.6 Å². The van der Waals surface area contributed by atoms with Crippen LogP contribution in [-0.4, -0.2) is 42.8 Å². The number of piperazine rings is 1. The van der Waals surface area contributed by atoms with E-state index in [2.05, 4.69) is 28.2 Å². The SMILES string of the molecule is COc1cccc(COc2nc(N3CCNC[C@H]3C)ncc2Sc2ccc(C#N)cc2)c1. The first-order chi connectivity index (χ1) is 15.7. The molecule has 0 spiro atoms. The van der Waals surface area contributed by atoms with E-state index in [9.17, 15) is 0 Å². The van der Waals surface area contributed by atoms with Gasteiger partial charge in [0.1, 0.15) is 12.4 Å². The van der Waals surface area contributed by atoms with Crippen LogP contribution in [0, 0.1) is 11.3 Å². The second-order valence-electron chi connectivity index (χ2n) is 7.46. The van der Waals surface area contributed by atoms with Crippen LogP contribution in [-0.2, 0) is 6.61 Å². The number of hydrogen-bond donors (Lipinski definition) is 1. The number of rotatable bonds is 7. The van der Waals surface area contributed by atoms with Gasteiger partial charge in [-0.1, -0.05) is 23.9 Å². The van der Waals surface area contributed by atoms with Crippen molar-refractivity contribution in [3.8, 4) is 17.7 Å². The molecule has 1 aliphatic heterocycles. The quantitative estimate of drug-likeness (QED) is 0.584. The topological polar surface area (TPSA) is 83.3 Å². The second-order valence-corrected chi connectivity index (χ2v) is 8.58. The van der Waals surface area contributed by atoms with Crippen molar-refractivity contribution < 1.29 is 9.47 Å². The summed E-state index contributed by atoms with van der Waals surface area (Å²) in [4.78, 5) is 13.4. The molecular formula is C24H25N5O2S. The molecular weight excluding hydrogens is 422 g/mol. The van der Waals surface area contributed by atoms with Crippen LogP contribution in [0.15, 0.2) is 64.5 Å². The van der Waals surface area contributed by atoms with Gasteiger partial charge in [0.2, 0.25) is 11.8 Å². The van der Waals surface area contributed by atoms with Crippen molar-refractivity contribution in [2.45, 2.75) is 29.4 Å². The Bertz CT molecular complexity index is 1100. The molecule has 0 amide bonds. The van der Waals surface area contributed by atoms with Crippen molar-refractivity contribution in [3.05, 3.63) is 65.9 Å². The van der Waals surface area contributed by atoms with Gasteiger partial charge in [0, 0.05) is 30.6 Å². The van der Waals surface area contributed by atoms with Gasteiger partial charge in [-0.05, 0) is 48.9 Å². The molecule has 0 bridgehead atoms. The van der Waals surface area contributed by atoms with E-state index in [0.29, 0.717) is 30.0 Å². The van der Waals surface area contributed by atoms with Crippen LogP contribution in [0.25, 0.3) is 0 Å². The van der Waals surface area contributed by atoms with Crippen LogP contribution in [0.3, 0.4) is 0 Å². The monoisotopic (exact) mass is 447 g/mol. The lowest BCUT2D eigenvalue weighted by atomic mass is 10.2. The molecule has 3 aromatic rings. The van der Waals surface area contributed by atoms with Gasteiger partial charge in [-0.2, -0.15) is 10.2 Å². The minimum absolute atomic E-state index is 0.298. The maximum atomic E-state index is 9.04. The average molecular weight is 448 g/mol. The van der Waals surface area contributed by atoms with Gasteiger partial charge in [-0.3, -0.25) is 0 Å². The fourth-order valence-corrected chi connectivity index (χ4v) is 4.26. The summed E-state index contributed by atoms with van der Waals surface area (Å²) in [7, 11) is 1.65. The summed E-state index contributed by atoms with van der Waals surface area (Å²) in [6, 6.07) is 17.7. The lowest BCUT2D eigenvalue weighted by molar-refractivity contribution is 0.284. The van der Waals surface area contributed by atoms with Crippen molar-refractivity contribution >= 4 is 17.7 Å². The minimum atomic E-state index is 0.298. The molecule has 2 heterocycles. The summed E-state index contributed by atoms with van der Waals surface area (Å²) < 4.78 is 11.5. The zero-order valence-electron chi connectivity index (χ0n) is 18.1. The number of ether oxygens (including phenoxy) is 2. The number of hydrogen-bond acceptors (Lipinski definition) is 8. The fourth-order valence-electron chi connectivity index (χ4n) is 3.43. The summed E-state index contributed by atoms with van der Waals surface area (Å²) in [6.07, 6.45) is 1.82. The smallest absolute Gasteiger partial charge is 0.232 e. The number of methoxy groups -OCH3 is 1. The zero-order valence-corrected chi connectivity index (χ0v) is 18.9. The van der Waals surface area contributed by atoms with Gasteiger partial charge in [0.05, 0.1) is 29.8 Å². The third-order valence-electron chi connectivity index (χ3n) is 5.19. The molecule has 1 aromatic heterocycles. The van der Waals surface area contributed by atoms with Crippen LogP contribution in [0.1, 0.15) is 18.1 Å². The van der Waals surface area contributed by atoms with Crippen molar-refractivity contribution in [2.75, 3.05) is 31.6 Å². The average Bonchev–Trinajstić information content (AvgIpc) is 2.84. The van der Waals surface area contributed by atoms with E-state index >= 15 is 0 Å². The Morgan fingerprint density at radius 3 is 2.84 bits per heavy atom. The summed E-state index contributed by atoms with van der Waals surface area (Å²) in [5.41, 5.74) is 1.62. The standard InChI is InChI=1S/C24H25N5O2S/c1-17-14-26-10-11-29(17)24-27-15-22(32-21-8-6-18(13-25)7-9-21)23(28-24)31-16-19-4-3-5-20(12-19)30-2/h3-9,12,15,17,26H,10-11,14,16H2,1-2H3/t17-/m1/s1. The first kappa shape index (κ1) is 21.9. The van der Waals surface area contributed by atoms with E-state index in [1.54, 1.807) is 19.2 Å². The summed E-state index contributed by atoms with van der Waals surface area (Å²) in [5.74, 6) is 2.00. The van der Waals surface area contributed by atoms with E-state index < -0.39 is 0 Å². The Morgan fingerprint density at radius 1 is 1.25 bits per heavy atom. The van der Waals surface area contributed by atoms with E-state index in [1.165, 1.54) is 11.8 Å². The minimum Gasteiger partial charge on any atom is -0.497 e. The lowest BCUT2D eigenvalue weighted by Crippen LogP contribution is -2.50. The Balaban J connectivity index is 1.60. The highest BCUT2D eigenvalue weighted by Crippen LogP contribution is 2.35. The Labute approximate surface area is 192 Å². The molecule has 2 aromatic carbocycles. The largest absolute Gasteiger partial charge is 0.497 e. The van der Waals surface area contributed by atoms with E-state index in [4.69, 9.17) is 19.7 Å². The zero-order chi connectivity index (χ0) is 22.3. The highest BCUT2D eigenvalue weighted by atomic mass is 32.2. The third-order valence-corrected chi connectivity index (χ3v) is 6.20. The van der Waals surface area contributed by atoms with E-state index in [-0.39, 0.29) is 0 Å². The van der Waals surface area contributed by atoms with Gasteiger partial charge in [-0.25, -0.2) is 4.98 Å². The normalized spacial score (nSPS) is 15.8. The third kappa shape index (κ3) is 5.31. The number of benzene rings is 2. The Hall–Kier alpha value is -3.28. The first-order valence-electron chi connectivity index (χ1n) is 10.4. The Morgan fingerprint density at radius 2 is 2.09 bits per heavy atom. The van der Waals surface area contributed by atoms with Gasteiger partial charge < -0.3 is 19.7 Å². The molecule has 1 aliphatic rings. The summed E-state index contributed by atoms with van der Waals surface area (Å²) >= 11 is 1.52. The molecule has 1 fully saturated rings. The molecule has 1 atom stereocenters. The van der Waals surface area contributed by atoms with E-state index in [1.807, 2.05) is 42.6 Å². The highest BCUT2D eigenvalue weighted by Gasteiger charge is 2.22. The number of anilines is 1. The fraction of sp³-hybridized carbons (Fsp3) is 0.292. The molecule has 8 heteroatoms. The van der Waals surface area contributed by atoms with E-state index in [0.717, 1.165) is 40.7 Å². The molecule has 0 aliphatic carbocycles. The number of nitrogens with one attached hydrogen (secondary N) is 1. The molecule has 1 saturated heterocycles. The van der Waals surface area contributed by atoms with Crippen molar-refractivity contribution in [2.24, 2.45) is 0 Å². The van der Waals surface area contributed by atoms with Gasteiger partial charge >= 0.3 is 0 Å². The maximum Gasteiger partial charge on any atom is 0.232 e. The van der Waals surface area contributed by atoms with Crippen LogP contribution >= 0.6 is 11.8 Å².